The van der Waals surface area contributed by atoms with E-state index in [1.807, 2.05) is 19.9 Å². The Morgan fingerprint density at radius 2 is 2.11 bits per heavy atom. The molecule has 2 aromatic rings. The Kier molecular flexibility index (Phi) is 9.36. The number of benzene rings is 1. The van der Waals surface area contributed by atoms with Crippen molar-refractivity contribution in [3.05, 3.63) is 47.3 Å². The maximum absolute atomic E-state index is 12.0. The van der Waals surface area contributed by atoms with E-state index in [9.17, 15) is 4.79 Å². The molecule has 27 heavy (non-hydrogen) atoms. The number of halogens is 1. The molecule has 1 aromatic carbocycles. The molecule has 1 aromatic heterocycles. The smallest absolute Gasteiger partial charge is 0.243 e. The zero-order valence-corrected chi connectivity index (χ0v) is 17.9. The van der Waals surface area contributed by atoms with Crippen LogP contribution in [-0.4, -0.2) is 30.6 Å². The number of aromatic nitrogens is 1. The van der Waals surface area contributed by atoms with E-state index in [0.29, 0.717) is 35.4 Å². The Morgan fingerprint density at radius 3 is 2.74 bits per heavy atom. The summed E-state index contributed by atoms with van der Waals surface area (Å²) >= 11 is 0. The Morgan fingerprint density at radius 1 is 1.33 bits per heavy atom. The van der Waals surface area contributed by atoms with E-state index in [1.165, 1.54) is 0 Å². The Hall–Kier alpha value is -2.54. The van der Waals surface area contributed by atoms with Crippen molar-refractivity contribution in [2.75, 3.05) is 18.9 Å². The first-order valence-corrected chi connectivity index (χ1v) is 8.28. The molecule has 0 aliphatic carbocycles. The summed E-state index contributed by atoms with van der Waals surface area (Å²) in [7, 11) is 1.63. The number of nitrogens with one attached hydrogen (secondary N) is 3. The van der Waals surface area contributed by atoms with Gasteiger partial charge in [-0.15, -0.1) is 30.4 Å². The summed E-state index contributed by atoms with van der Waals surface area (Å²) in [4.78, 5) is 16.1. The van der Waals surface area contributed by atoms with E-state index in [4.69, 9.17) is 10.9 Å². The lowest BCUT2D eigenvalue weighted by Gasteiger charge is -2.11. The van der Waals surface area contributed by atoms with Gasteiger partial charge >= 0.3 is 0 Å². The van der Waals surface area contributed by atoms with Crippen molar-refractivity contribution < 1.29 is 9.32 Å². The molecule has 0 radical (unpaired) electrons. The Bertz CT molecular complexity index is 824. The fraction of sp³-hybridized carbons (Fsp3) is 0.316. The summed E-state index contributed by atoms with van der Waals surface area (Å²) in [6.45, 7) is 4.58. The molecule has 0 saturated carbocycles. The maximum atomic E-state index is 12.0. The van der Waals surface area contributed by atoms with Gasteiger partial charge in [0.25, 0.3) is 0 Å². The van der Waals surface area contributed by atoms with Gasteiger partial charge in [-0.25, -0.2) is 0 Å². The molecule has 7 nitrogen and oxygen atoms in total. The van der Waals surface area contributed by atoms with Crippen LogP contribution in [0.1, 0.15) is 36.8 Å². The summed E-state index contributed by atoms with van der Waals surface area (Å²) in [6, 6.07) is 9.01. The van der Waals surface area contributed by atoms with Crippen molar-refractivity contribution in [1.82, 2.24) is 15.8 Å². The van der Waals surface area contributed by atoms with Gasteiger partial charge < -0.3 is 20.5 Å². The van der Waals surface area contributed by atoms with E-state index < -0.39 is 0 Å². The summed E-state index contributed by atoms with van der Waals surface area (Å²) < 4.78 is 5.26. The van der Waals surface area contributed by atoms with Crippen molar-refractivity contribution in [3.8, 4) is 12.3 Å². The molecule has 0 saturated heterocycles. The van der Waals surface area contributed by atoms with Crippen LogP contribution in [0.3, 0.4) is 0 Å². The third kappa shape index (κ3) is 7.30. The van der Waals surface area contributed by atoms with Crippen LogP contribution in [0.25, 0.3) is 0 Å². The number of amides is 1. The lowest BCUT2D eigenvalue weighted by Crippen LogP contribution is -2.41. The molecule has 144 valence electrons. The van der Waals surface area contributed by atoms with Crippen molar-refractivity contribution in [2.45, 2.75) is 26.3 Å². The number of anilines is 1. The van der Waals surface area contributed by atoms with E-state index in [1.54, 1.807) is 31.3 Å². The highest BCUT2D eigenvalue weighted by atomic mass is 127. The number of aliphatic imine (C=N–C) groups is 1. The number of carbonyl (C=O) groups excluding carboxylic acids is 1. The third-order valence-corrected chi connectivity index (χ3v) is 3.55. The fourth-order valence-electron chi connectivity index (χ4n) is 2.13. The third-order valence-electron chi connectivity index (χ3n) is 3.55. The topological polar surface area (TPSA) is 91.5 Å². The molecule has 8 heteroatoms. The minimum absolute atomic E-state index is 0. The lowest BCUT2D eigenvalue weighted by atomic mass is 10.1. The summed E-state index contributed by atoms with van der Waals surface area (Å²) in [5.41, 5.74) is 2.26. The summed E-state index contributed by atoms with van der Waals surface area (Å²) in [5, 5.41) is 12.8. The molecule has 3 N–H and O–H groups in total. The van der Waals surface area contributed by atoms with Crippen LogP contribution < -0.4 is 16.0 Å². The normalized spacial score (nSPS) is 10.7. The summed E-state index contributed by atoms with van der Waals surface area (Å²) in [5.74, 6) is 3.82. The lowest BCUT2D eigenvalue weighted by molar-refractivity contribution is -0.115. The van der Waals surface area contributed by atoms with Gasteiger partial charge in [-0.3, -0.25) is 9.79 Å². The van der Waals surface area contributed by atoms with Crippen molar-refractivity contribution in [1.29, 1.82) is 0 Å². The van der Waals surface area contributed by atoms with Crippen molar-refractivity contribution in [3.63, 3.8) is 0 Å². The van der Waals surface area contributed by atoms with Gasteiger partial charge in [-0.05, 0) is 24.1 Å². The minimum Gasteiger partial charge on any atom is -0.359 e. The number of terminal acetylenes is 1. The standard InChI is InChI=1S/C19H23N5O2.HI/c1-5-14-7-6-8-15(9-14)23-18(25)12-22-19(20-4)21-11-16-10-17(13(2)3)24-26-16;/h1,6-10,13H,11-12H2,2-4H3,(H,23,25)(H2,20,21,22);1H. The number of nitrogens with zero attached hydrogens (tertiary/aromatic N) is 2. The molecule has 0 aliphatic rings. The fourth-order valence-corrected chi connectivity index (χ4v) is 2.13. The molecule has 2 rings (SSSR count). The molecule has 0 spiro atoms. The van der Waals surface area contributed by atoms with E-state index in [0.717, 1.165) is 5.69 Å². The summed E-state index contributed by atoms with van der Waals surface area (Å²) in [6.07, 6.45) is 5.35. The van der Waals surface area contributed by atoms with Gasteiger partial charge in [0.15, 0.2) is 11.7 Å². The van der Waals surface area contributed by atoms with Gasteiger partial charge in [0.1, 0.15) is 0 Å². The van der Waals surface area contributed by atoms with Gasteiger partial charge in [0.05, 0.1) is 18.8 Å². The van der Waals surface area contributed by atoms with Crippen LogP contribution in [0.4, 0.5) is 5.69 Å². The molecule has 0 bridgehead atoms. The van der Waals surface area contributed by atoms with E-state index >= 15 is 0 Å². The molecule has 0 unspecified atom stereocenters. The number of rotatable bonds is 6. The van der Waals surface area contributed by atoms with Crippen LogP contribution >= 0.6 is 24.0 Å². The first-order chi connectivity index (χ1) is 12.5. The van der Waals surface area contributed by atoms with Crippen LogP contribution in [0.2, 0.25) is 0 Å². The zero-order valence-electron chi connectivity index (χ0n) is 15.6. The average Bonchev–Trinajstić information content (AvgIpc) is 3.11. The van der Waals surface area contributed by atoms with Gasteiger partial charge in [-0.1, -0.05) is 31.0 Å². The zero-order chi connectivity index (χ0) is 18.9. The molecule has 1 amide bonds. The molecule has 0 aliphatic heterocycles. The molecule has 0 atom stereocenters. The van der Waals surface area contributed by atoms with Crippen molar-refractivity contribution in [2.24, 2.45) is 4.99 Å². The Labute approximate surface area is 176 Å². The second kappa shape index (κ2) is 11.2. The molecule has 0 fully saturated rings. The monoisotopic (exact) mass is 481 g/mol. The van der Waals surface area contributed by atoms with E-state index in [-0.39, 0.29) is 36.4 Å². The SMILES string of the molecule is C#Cc1cccc(NC(=O)CNC(=NC)NCc2cc(C(C)C)no2)c1.I. The highest BCUT2D eigenvalue weighted by Gasteiger charge is 2.09. The van der Waals surface area contributed by atoms with Crippen LogP contribution in [-0.2, 0) is 11.3 Å². The predicted octanol–water partition coefficient (Wildman–Crippen LogP) is 2.70. The maximum Gasteiger partial charge on any atom is 0.243 e. The largest absolute Gasteiger partial charge is 0.359 e. The first-order valence-electron chi connectivity index (χ1n) is 8.28. The molecular formula is C19H24IN5O2. The van der Waals surface area contributed by atoms with Crippen LogP contribution in [0.5, 0.6) is 0 Å². The molecular weight excluding hydrogens is 457 g/mol. The number of hydrogen-bond acceptors (Lipinski definition) is 4. The second-order valence-electron chi connectivity index (χ2n) is 5.93. The number of carbonyl (C=O) groups is 1. The van der Waals surface area contributed by atoms with Crippen LogP contribution in [0.15, 0.2) is 39.8 Å². The second-order valence-corrected chi connectivity index (χ2v) is 5.93. The highest BCUT2D eigenvalue weighted by molar-refractivity contribution is 14.0. The van der Waals surface area contributed by atoms with Crippen molar-refractivity contribution >= 4 is 41.5 Å². The van der Waals surface area contributed by atoms with Gasteiger partial charge in [-0.2, -0.15) is 0 Å². The number of guanidine groups is 1. The average molecular weight is 481 g/mol. The minimum atomic E-state index is -0.205. The van der Waals surface area contributed by atoms with Gasteiger partial charge in [0.2, 0.25) is 5.91 Å². The van der Waals surface area contributed by atoms with E-state index in [2.05, 4.69) is 32.0 Å². The molecule has 1 heterocycles. The van der Waals surface area contributed by atoms with Crippen LogP contribution in [0, 0.1) is 12.3 Å². The Balaban J connectivity index is 0.00000364. The first kappa shape index (κ1) is 22.5. The predicted molar refractivity (Wildman–Crippen MR) is 117 cm³/mol. The van der Waals surface area contributed by atoms with Gasteiger partial charge in [0, 0.05) is 24.4 Å². The highest BCUT2D eigenvalue weighted by Crippen LogP contribution is 2.13. The number of hydrogen-bond donors (Lipinski definition) is 3. The quantitative estimate of drug-likeness (QED) is 0.256.